The van der Waals surface area contributed by atoms with Crippen LogP contribution in [0.4, 0.5) is 4.39 Å². The topological polar surface area (TPSA) is 50.9 Å². The van der Waals surface area contributed by atoms with Crippen LogP contribution in [0.2, 0.25) is 0 Å². The molecule has 0 atom stereocenters. The van der Waals surface area contributed by atoms with Gasteiger partial charge in [-0.3, -0.25) is 9.55 Å². The van der Waals surface area contributed by atoms with Crippen LogP contribution in [0.15, 0.2) is 146 Å². The molecular weight excluding hydrogens is 726 g/mol. The highest BCUT2D eigenvalue weighted by molar-refractivity contribution is 5.98. The zero-order valence-corrected chi connectivity index (χ0v) is 35.2. The van der Waals surface area contributed by atoms with E-state index in [1.54, 1.807) is 18.3 Å². The number of phenolic OH excluding ortho intramolecular Hbond substituents is 1. The first kappa shape index (κ1) is 34.7. The van der Waals surface area contributed by atoms with Crippen LogP contribution in [-0.4, -0.2) is 19.6 Å². The standard InChI is InChI=1S/C54H52FN3O/c1-52(2,3)39-29-37(28-38(30-39)46-31-36(26-27-56-46)34-22-24-41(55)25-23-34)43-19-15-21-48-49(43)57-51(44-32-40(53(4,5)6)33-45(50(44)59)54(7,8)9)58(48)47-20-14-13-18-42(47)35-16-11-10-12-17-35/h10-33,59H,1-9H3/i22D,23D,24D,25D. The number of fused-ring (bicyclic) bond motifs is 1. The molecule has 0 aliphatic rings. The van der Waals surface area contributed by atoms with E-state index >= 15 is 0 Å². The average molecular weight is 782 g/mol. The fraction of sp³-hybridized carbons (Fsp3) is 0.222. The predicted octanol–water partition coefficient (Wildman–Crippen LogP) is 14.5. The molecule has 2 aromatic heterocycles. The summed E-state index contributed by atoms with van der Waals surface area (Å²) in [4.78, 5) is 10.3. The first-order valence-electron chi connectivity index (χ1n) is 22.1. The monoisotopic (exact) mass is 781 g/mol. The molecule has 0 spiro atoms. The lowest BCUT2D eigenvalue weighted by Crippen LogP contribution is -2.17. The van der Waals surface area contributed by atoms with Crippen LogP contribution in [-0.2, 0) is 16.2 Å². The van der Waals surface area contributed by atoms with E-state index in [0.717, 1.165) is 61.2 Å². The number of aromatic hydroxyl groups is 1. The molecule has 6 aromatic carbocycles. The van der Waals surface area contributed by atoms with E-state index in [-0.39, 0.29) is 27.6 Å². The van der Waals surface area contributed by atoms with Crippen LogP contribution in [0.1, 0.15) is 84.5 Å². The quantitative estimate of drug-likeness (QED) is 0.183. The Hall–Kier alpha value is -6.33. The summed E-state index contributed by atoms with van der Waals surface area (Å²) in [5.41, 5.74) is 10.8. The van der Waals surface area contributed by atoms with Crippen LogP contribution >= 0.6 is 0 Å². The number of aromatic nitrogens is 3. The van der Waals surface area contributed by atoms with Crippen LogP contribution in [0, 0.1) is 5.82 Å². The van der Waals surface area contributed by atoms with Gasteiger partial charge in [-0.25, -0.2) is 9.37 Å². The van der Waals surface area contributed by atoms with E-state index in [1.807, 2.05) is 36.4 Å². The Bertz CT molecular complexity index is 3050. The van der Waals surface area contributed by atoms with Gasteiger partial charge in [0, 0.05) is 28.5 Å². The minimum atomic E-state index is -1.18. The second-order valence-corrected chi connectivity index (χ2v) is 18.4. The molecule has 5 heteroatoms. The van der Waals surface area contributed by atoms with Crippen molar-refractivity contribution in [3.63, 3.8) is 0 Å². The van der Waals surface area contributed by atoms with Gasteiger partial charge in [-0.2, -0.15) is 0 Å². The third kappa shape index (κ3) is 7.70. The molecule has 0 radical (unpaired) electrons. The molecule has 0 saturated carbocycles. The molecule has 59 heavy (non-hydrogen) atoms. The van der Waals surface area contributed by atoms with Gasteiger partial charge >= 0.3 is 0 Å². The van der Waals surface area contributed by atoms with Crippen LogP contribution in [0.25, 0.3) is 72.7 Å². The number of halogens is 1. The van der Waals surface area contributed by atoms with Crippen molar-refractivity contribution in [2.75, 3.05) is 0 Å². The Morgan fingerprint density at radius 1 is 0.559 bits per heavy atom. The van der Waals surface area contributed by atoms with E-state index in [2.05, 4.69) is 134 Å². The second kappa shape index (κ2) is 14.8. The van der Waals surface area contributed by atoms with E-state index in [1.165, 1.54) is 0 Å². The highest BCUT2D eigenvalue weighted by atomic mass is 19.1. The van der Waals surface area contributed by atoms with Gasteiger partial charge in [0.05, 0.1) is 33.5 Å². The molecule has 1 N–H and O–H groups in total. The first-order valence-corrected chi connectivity index (χ1v) is 20.1. The van der Waals surface area contributed by atoms with E-state index < -0.39 is 30.0 Å². The Morgan fingerprint density at radius 3 is 1.90 bits per heavy atom. The number of para-hydroxylation sites is 2. The Kier molecular flexibility index (Phi) is 8.70. The van der Waals surface area contributed by atoms with Gasteiger partial charge in [-0.05, 0) is 104 Å². The lowest BCUT2D eigenvalue weighted by atomic mass is 9.79. The molecule has 8 rings (SSSR count). The first-order chi connectivity index (χ1) is 29.6. The summed E-state index contributed by atoms with van der Waals surface area (Å²) in [6.45, 7) is 19.3. The van der Waals surface area contributed by atoms with Gasteiger partial charge in [0.1, 0.15) is 17.4 Å². The summed E-state index contributed by atoms with van der Waals surface area (Å²) < 4.78 is 50.1. The highest BCUT2D eigenvalue weighted by Gasteiger charge is 2.29. The van der Waals surface area contributed by atoms with Crippen LogP contribution < -0.4 is 0 Å². The molecule has 0 unspecified atom stereocenters. The zero-order chi connectivity index (χ0) is 45.3. The van der Waals surface area contributed by atoms with Crippen LogP contribution in [0.3, 0.4) is 0 Å². The Morgan fingerprint density at radius 2 is 1.20 bits per heavy atom. The molecule has 0 amide bonds. The second-order valence-electron chi connectivity index (χ2n) is 18.4. The van der Waals surface area contributed by atoms with Crippen molar-refractivity contribution in [3.05, 3.63) is 168 Å². The molecule has 0 saturated heterocycles. The third-order valence-electron chi connectivity index (χ3n) is 11.0. The summed E-state index contributed by atoms with van der Waals surface area (Å²) in [7, 11) is 0. The maximum absolute atomic E-state index is 14.6. The molecule has 4 nitrogen and oxygen atoms in total. The Labute approximate surface area is 353 Å². The Balaban J connectivity index is 1.43. The van der Waals surface area contributed by atoms with E-state index in [9.17, 15) is 9.50 Å². The van der Waals surface area contributed by atoms with E-state index in [4.69, 9.17) is 15.5 Å². The van der Waals surface area contributed by atoms with Crippen molar-refractivity contribution < 1.29 is 15.0 Å². The molecule has 0 fully saturated rings. The molecule has 8 aromatic rings. The molecule has 2 heterocycles. The fourth-order valence-electron chi connectivity index (χ4n) is 7.65. The molecule has 0 aliphatic heterocycles. The number of nitrogens with zero attached hydrogens (tertiary/aromatic N) is 3. The van der Waals surface area contributed by atoms with Gasteiger partial charge in [0.15, 0.2) is 0 Å². The number of hydrogen-bond acceptors (Lipinski definition) is 3. The number of imidazole rings is 1. The zero-order valence-electron chi connectivity index (χ0n) is 39.2. The minimum Gasteiger partial charge on any atom is -0.507 e. The fourth-order valence-corrected chi connectivity index (χ4v) is 7.65. The van der Waals surface area contributed by atoms with Gasteiger partial charge in [-0.1, -0.05) is 147 Å². The van der Waals surface area contributed by atoms with E-state index in [0.29, 0.717) is 22.6 Å². The maximum Gasteiger partial charge on any atom is 0.149 e. The molecule has 296 valence electrons. The maximum atomic E-state index is 14.6. The van der Waals surface area contributed by atoms with Gasteiger partial charge in [0.2, 0.25) is 0 Å². The lowest BCUT2D eigenvalue weighted by molar-refractivity contribution is 0.446. The minimum absolute atomic E-state index is 0.00858. The average Bonchev–Trinajstić information content (AvgIpc) is 3.64. The third-order valence-corrected chi connectivity index (χ3v) is 11.0. The number of phenols is 1. The van der Waals surface area contributed by atoms with Crippen molar-refractivity contribution >= 4 is 11.0 Å². The van der Waals surface area contributed by atoms with Crippen molar-refractivity contribution in [1.82, 2.24) is 14.5 Å². The van der Waals surface area contributed by atoms with Crippen molar-refractivity contribution in [2.24, 2.45) is 0 Å². The van der Waals surface area contributed by atoms with Crippen LogP contribution in [0.5, 0.6) is 5.75 Å². The molecule has 0 bridgehead atoms. The summed E-state index contributed by atoms with van der Waals surface area (Å²) >= 11 is 0. The van der Waals surface area contributed by atoms with Gasteiger partial charge in [-0.15, -0.1) is 0 Å². The van der Waals surface area contributed by atoms with Crippen molar-refractivity contribution in [2.45, 2.75) is 78.6 Å². The van der Waals surface area contributed by atoms with Gasteiger partial charge < -0.3 is 5.11 Å². The largest absolute Gasteiger partial charge is 0.507 e. The number of pyridine rings is 1. The molecule has 0 aliphatic carbocycles. The SMILES string of the molecule is [2H]c1c([2H])c(-c2ccnc(-c3cc(-c4cccc5c4nc(-c4cc(C(C)(C)C)cc(C(C)(C)C)c4O)n5-c4ccccc4-c4ccccc4)cc(C(C)(C)C)c3)c2)c([2H])c([2H])c1F. The number of benzene rings is 6. The van der Waals surface area contributed by atoms with Gasteiger partial charge in [0.25, 0.3) is 0 Å². The van der Waals surface area contributed by atoms with Crippen molar-refractivity contribution in [3.8, 4) is 67.5 Å². The number of rotatable bonds is 6. The number of hydrogen-bond donors (Lipinski definition) is 1. The summed E-state index contributed by atoms with van der Waals surface area (Å²) in [6.07, 6.45) is 1.58. The summed E-state index contributed by atoms with van der Waals surface area (Å²) in [6, 6.07) is 36.3. The van der Waals surface area contributed by atoms with Crippen molar-refractivity contribution in [1.29, 1.82) is 0 Å². The normalized spacial score (nSPS) is 13.3. The smallest absolute Gasteiger partial charge is 0.149 e. The highest BCUT2D eigenvalue weighted by Crippen LogP contribution is 2.46. The summed E-state index contributed by atoms with van der Waals surface area (Å²) in [5, 5.41) is 12.4. The lowest BCUT2D eigenvalue weighted by Gasteiger charge is -2.27. The molecular formula is C54H52FN3O. The summed E-state index contributed by atoms with van der Waals surface area (Å²) in [5.74, 6) is -0.381. The predicted molar refractivity (Wildman–Crippen MR) is 244 cm³/mol.